The van der Waals surface area contributed by atoms with E-state index in [2.05, 4.69) is 0 Å². The summed E-state index contributed by atoms with van der Waals surface area (Å²) in [6.45, 7) is 7.63. The van der Waals surface area contributed by atoms with Gasteiger partial charge >= 0.3 is 12.2 Å². The summed E-state index contributed by atoms with van der Waals surface area (Å²) in [5, 5.41) is 9.69. The summed E-state index contributed by atoms with van der Waals surface area (Å²) in [4.78, 5) is 27.8. The van der Waals surface area contributed by atoms with Gasteiger partial charge in [-0.25, -0.2) is 9.59 Å². The fourth-order valence-electron chi connectivity index (χ4n) is 2.80. The number of piperazine rings is 1. The van der Waals surface area contributed by atoms with Crippen molar-refractivity contribution in [2.24, 2.45) is 0 Å². The lowest BCUT2D eigenvalue weighted by atomic mass is 10.1. The molecule has 7 nitrogen and oxygen atoms in total. The smallest absolute Gasteiger partial charge is 0.410 e. The Morgan fingerprint density at radius 3 is 2.35 bits per heavy atom. The molecule has 1 heterocycles. The molecule has 2 atom stereocenters. The maximum Gasteiger partial charge on any atom is 0.410 e. The first-order chi connectivity index (χ1) is 12.2. The Morgan fingerprint density at radius 2 is 1.77 bits per heavy atom. The number of carbonyl (C=O) groups is 2. The molecule has 0 spiro atoms. The molecule has 2 amide bonds. The highest BCUT2D eigenvalue weighted by Gasteiger charge is 2.38. The molecule has 144 valence electrons. The minimum Gasteiger partial charge on any atom is -0.445 e. The van der Waals surface area contributed by atoms with E-state index in [1.54, 1.807) is 25.7 Å². The minimum atomic E-state index is -0.600. The van der Waals surface area contributed by atoms with E-state index in [1.807, 2.05) is 37.3 Å². The Hall–Kier alpha value is -2.28. The lowest BCUT2D eigenvalue weighted by Crippen LogP contribution is -2.62. The second kappa shape index (κ2) is 8.40. The third-order valence-corrected chi connectivity index (χ3v) is 4.12. The third-order valence-electron chi connectivity index (χ3n) is 4.12. The summed E-state index contributed by atoms with van der Waals surface area (Å²) in [6.07, 6.45) is -0.940. The van der Waals surface area contributed by atoms with Crippen molar-refractivity contribution in [3.63, 3.8) is 0 Å². The Kier molecular flexibility index (Phi) is 6.47. The SMILES string of the molecule is C[C@H]1CN(C(=O)OCc2ccccc2)[C@@H](CO)CN1C(=O)OC(C)(C)C. The summed E-state index contributed by atoms with van der Waals surface area (Å²) in [5.41, 5.74) is 0.291. The van der Waals surface area contributed by atoms with Gasteiger partial charge in [-0.05, 0) is 33.3 Å². The van der Waals surface area contributed by atoms with E-state index >= 15 is 0 Å². The molecule has 1 aliphatic rings. The monoisotopic (exact) mass is 364 g/mol. The summed E-state index contributed by atoms with van der Waals surface area (Å²) in [6, 6.07) is 8.63. The minimum absolute atomic E-state index is 0.165. The van der Waals surface area contributed by atoms with Gasteiger partial charge in [-0.15, -0.1) is 0 Å². The van der Waals surface area contributed by atoms with Crippen LogP contribution in [0.2, 0.25) is 0 Å². The van der Waals surface area contributed by atoms with E-state index in [0.717, 1.165) is 5.56 Å². The molecular formula is C19H28N2O5. The molecule has 0 radical (unpaired) electrons. The molecule has 26 heavy (non-hydrogen) atoms. The molecule has 1 aromatic carbocycles. The number of aliphatic hydroxyl groups excluding tert-OH is 1. The number of aliphatic hydroxyl groups is 1. The van der Waals surface area contributed by atoms with Crippen molar-refractivity contribution in [2.45, 2.75) is 52.0 Å². The first kappa shape index (κ1) is 20.0. The highest BCUT2D eigenvalue weighted by Crippen LogP contribution is 2.20. The number of hydrogen-bond acceptors (Lipinski definition) is 5. The molecule has 1 N–H and O–H groups in total. The van der Waals surface area contributed by atoms with Crippen molar-refractivity contribution in [2.75, 3.05) is 19.7 Å². The number of carbonyl (C=O) groups excluding carboxylic acids is 2. The van der Waals surface area contributed by atoms with Gasteiger partial charge in [-0.2, -0.15) is 0 Å². The Bertz CT molecular complexity index is 614. The van der Waals surface area contributed by atoms with Crippen molar-refractivity contribution in [3.8, 4) is 0 Å². The van der Waals surface area contributed by atoms with Crippen LogP contribution in [0.3, 0.4) is 0 Å². The van der Waals surface area contributed by atoms with Gasteiger partial charge < -0.3 is 19.5 Å². The molecule has 1 saturated heterocycles. The molecule has 1 aromatic rings. The molecule has 0 bridgehead atoms. The second-order valence-electron chi connectivity index (χ2n) is 7.51. The van der Waals surface area contributed by atoms with Crippen LogP contribution >= 0.6 is 0 Å². The predicted octanol–water partition coefficient (Wildman–Crippen LogP) is 2.63. The quantitative estimate of drug-likeness (QED) is 0.892. The summed E-state index contributed by atoms with van der Waals surface area (Å²) >= 11 is 0. The molecule has 0 saturated carbocycles. The Morgan fingerprint density at radius 1 is 1.12 bits per heavy atom. The molecule has 0 aliphatic carbocycles. The van der Waals surface area contributed by atoms with Crippen molar-refractivity contribution in [1.29, 1.82) is 0 Å². The van der Waals surface area contributed by atoms with E-state index < -0.39 is 23.8 Å². The highest BCUT2D eigenvalue weighted by molar-refractivity contribution is 5.71. The summed E-state index contributed by atoms with van der Waals surface area (Å²) < 4.78 is 10.8. The number of rotatable bonds is 3. The molecule has 0 unspecified atom stereocenters. The average molecular weight is 364 g/mol. The third kappa shape index (κ3) is 5.36. The Labute approximate surface area is 154 Å². The van der Waals surface area contributed by atoms with E-state index in [1.165, 1.54) is 4.90 Å². The van der Waals surface area contributed by atoms with Crippen molar-refractivity contribution in [1.82, 2.24) is 9.80 Å². The molecule has 7 heteroatoms. The largest absolute Gasteiger partial charge is 0.445 e. The highest BCUT2D eigenvalue weighted by atomic mass is 16.6. The zero-order valence-electron chi connectivity index (χ0n) is 15.8. The van der Waals surface area contributed by atoms with Crippen LogP contribution in [0, 0.1) is 0 Å². The Balaban J connectivity index is 1.98. The zero-order chi connectivity index (χ0) is 19.3. The van der Waals surface area contributed by atoms with Crippen LogP contribution in [0.25, 0.3) is 0 Å². The lowest BCUT2D eigenvalue weighted by molar-refractivity contribution is -0.0225. The number of ether oxygens (including phenoxy) is 2. The second-order valence-corrected chi connectivity index (χ2v) is 7.51. The van der Waals surface area contributed by atoms with E-state index in [4.69, 9.17) is 9.47 Å². The fourth-order valence-corrected chi connectivity index (χ4v) is 2.80. The standard InChI is InChI=1S/C19H28N2O5/c1-14-10-21(17(23)25-13-15-8-6-5-7-9-15)16(12-22)11-20(14)18(24)26-19(2,3)4/h5-9,14,16,22H,10-13H2,1-4H3/t14-,16+/m0/s1. The number of amides is 2. The normalized spacial score (nSPS) is 20.7. The van der Waals surface area contributed by atoms with Crippen LogP contribution in [0.5, 0.6) is 0 Å². The van der Waals surface area contributed by atoms with Gasteiger partial charge in [0, 0.05) is 13.1 Å². The molecule has 1 aliphatic heterocycles. The predicted molar refractivity (Wildman–Crippen MR) is 96.6 cm³/mol. The fraction of sp³-hybridized carbons (Fsp3) is 0.579. The van der Waals surface area contributed by atoms with E-state index in [-0.39, 0.29) is 32.3 Å². The van der Waals surface area contributed by atoms with Gasteiger partial charge in [-0.1, -0.05) is 30.3 Å². The van der Waals surface area contributed by atoms with Gasteiger partial charge in [0.1, 0.15) is 12.2 Å². The van der Waals surface area contributed by atoms with Gasteiger partial charge in [0.2, 0.25) is 0 Å². The van der Waals surface area contributed by atoms with Crippen LogP contribution in [0.15, 0.2) is 30.3 Å². The number of hydrogen-bond donors (Lipinski definition) is 1. The lowest BCUT2D eigenvalue weighted by Gasteiger charge is -2.44. The maximum absolute atomic E-state index is 12.4. The van der Waals surface area contributed by atoms with Crippen LogP contribution in [-0.2, 0) is 16.1 Å². The number of nitrogens with zero attached hydrogens (tertiary/aromatic N) is 2. The van der Waals surface area contributed by atoms with Gasteiger partial charge in [0.15, 0.2) is 0 Å². The first-order valence-electron chi connectivity index (χ1n) is 8.79. The van der Waals surface area contributed by atoms with E-state index in [9.17, 15) is 14.7 Å². The molecule has 0 aromatic heterocycles. The summed E-state index contributed by atoms with van der Waals surface area (Å²) in [5.74, 6) is 0. The van der Waals surface area contributed by atoms with Crippen molar-refractivity contribution >= 4 is 12.2 Å². The zero-order valence-corrected chi connectivity index (χ0v) is 15.8. The van der Waals surface area contributed by atoms with Gasteiger partial charge in [-0.3, -0.25) is 4.90 Å². The number of benzene rings is 1. The van der Waals surface area contributed by atoms with Crippen LogP contribution < -0.4 is 0 Å². The van der Waals surface area contributed by atoms with Crippen LogP contribution in [-0.4, -0.2) is 64.5 Å². The first-order valence-corrected chi connectivity index (χ1v) is 8.79. The molecule has 2 rings (SSSR count). The van der Waals surface area contributed by atoms with Crippen LogP contribution in [0.4, 0.5) is 9.59 Å². The molecular weight excluding hydrogens is 336 g/mol. The van der Waals surface area contributed by atoms with Gasteiger partial charge in [0.05, 0.1) is 18.7 Å². The maximum atomic E-state index is 12.4. The van der Waals surface area contributed by atoms with Crippen LogP contribution in [0.1, 0.15) is 33.3 Å². The topological polar surface area (TPSA) is 79.3 Å². The average Bonchev–Trinajstić information content (AvgIpc) is 2.58. The van der Waals surface area contributed by atoms with Crippen molar-refractivity contribution < 1.29 is 24.2 Å². The van der Waals surface area contributed by atoms with E-state index in [0.29, 0.717) is 0 Å². The van der Waals surface area contributed by atoms with Crippen molar-refractivity contribution in [3.05, 3.63) is 35.9 Å². The van der Waals surface area contributed by atoms with Gasteiger partial charge in [0.25, 0.3) is 0 Å². The summed E-state index contributed by atoms with van der Waals surface area (Å²) in [7, 11) is 0. The molecule has 1 fully saturated rings.